The lowest BCUT2D eigenvalue weighted by atomic mass is 10.0. The van der Waals surface area contributed by atoms with Crippen molar-refractivity contribution < 1.29 is 19.0 Å². The van der Waals surface area contributed by atoms with E-state index in [1.165, 1.54) is 7.11 Å². The van der Waals surface area contributed by atoms with Crippen molar-refractivity contribution in [2.75, 3.05) is 14.2 Å². The highest BCUT2D eigenvalue weighted by Crippen LogP contribution is 2.30. The van der Waals surface area contributed by atoms with E-state index in [1.807, 2.05) is 42.5 Å². The Morgan fingerprint density at radius 2 is 1.67 bits per heavy atom. The summed E-state index contributed by atoms with van der Waals surface area (Å²) in [7, 11) is 3.10. The van der Waals surface area contributed by atoms with Gasteiger partial charge in [0.1, 0.15) is 5.75 Å². The lowest BCUT2D eigenvalue weighted by molar-refractivity contribution is -0.133. The number of allylic oxidation sites excluding steroid dienone is 1. The van der Waals surface area contributed by atoms with Crippen molar-refractivity contribution in [1.29, 1.82) is 5.26 Å². The fourth-order valence-corrected chi connectivity index (χ4v) is 2.89. The third-order valence-electron chi connectivity index (χ3n) is 4.44. The number of methoxy groups -OCH3 is 2. The molecule has 0 saturated heterocycles. The number of nitrogens with zero attached hydrogens (tertiary/aromatic N) is 1. The fraction of sp³-hybridized carbons (Fsp3) is 0.120. The van der Waals surface area contributed by atoms with Crippen LogP contribution in [-0.4, -0.2) is 20.2 Å². The summed E-state index contributed by atoms with van der Waals surface area (Å²) in [5.41, 5.74) is 2.94. The van der Waals surface area contributed by atoms with Crippen molar-refractivity contribution in [2.24, 2.45) is 0 Å². The number of benzene rings is 3. The van der Waals surface area contributed by atoms with Crippen LogP contribution in [0.3, 0.4) is 0 Å². The van der Waals surface area contributed by atoms with Crippen LogP contribution in [0.2, 0.25) is 0 Å². The predicted octanol–water partition coefficient (Wildman–Crippen LogP) is 4.92. The van der Waals surface area contributed by atoms with Gasteiger partial charge in [-0.25, -0.2) is 0 Å². The number of ether oxygens (including phenoxy) is 3. The van der Waals surface area contributed by atoms with E-state index in [2.05, 4.69) is 6.07 Å². The van der Waals surface area contributed by atoms with Crippen molar-refractivity contribution in [3.8, 4) is 23.3 Å². The van der Waals surface area contributed by atoms with Gasteiger partial charge in [-0.1, -0.05) is 48.5 Å². The lowest BCUT2D eigenvalue weighted by Gasteiger charge is -2.10. The molecule has 5 nitrogen and oxygen atoms in total. The Morgan fingerprint density at radius 1 is 0.933 bits per heavy atom. The molecular formula is C25H21NO4. The van der Waals surface area contributed by atoms with E-state index < -0.39 is 5.97 Å². The third kappa shape index (κ3) is 5.27. The van der Waals surface area contributed by atoms with Crippen LogP contribution in [0.25, 0.3) is 11.6 Å². The number of hydrogen-bond donors (Lipinski definition) is 0. The minimum absolute atomic E-state index is 0.126. The molecule has 0 aromatic heterocycles. The van der Waals surface area contributed by atoms with Crippen LogP contribution < -0.4 is 14.2 Å². The maximum atomic E-state index is 12.3. The average Bonchev–Trinajstić information content (AvgIpc) is 2.79. The van der Waals surface area contributed by atoms with Crippen LogP contribution in [0.15, 0.2) is 72.8 Å². The summed E-state index contributed by atoms with van der Waals surface area (Å²) in [6, 6.07) is 24.0. The molecule has 0 aliphatic carbocycles. The number of carbonyl (C=O) groups is 1. The molecule has 0 unspecified atom stereocenters. The van der Waals surface area contributed by atoms with Crippen molar-refractivity contribution in [3.63, 3.8) is 0 Å². The number of carbonyl (C=O) groups excluding carboxylic acids is 1. The summed E-state index contributed by atoms with van der Waals surface area (Å²) >= 11 is 0. The van der Waals surface area contributed by atoms with Crippen molar-refractivity contribution in [3.05, 3.63) is 89.5 Å². The van der Waals surface area contributed by atoms with Crippen LogP contribution in [-0.2, 0) is 11.2 Å². The molecule has 3 aromatic carbocycles. The molecule has 3 rings (SSSR count). The van der Waals surface area contributed by atoms with E-state index in [4.69, 9.17) is 14.2 Å². The standard InChI is InChI=1S/C25H21NO4/c1-28-22-11-8-18(9-12-22)16-25(27)30-23-13-10-19(15-24(23)29-2)14-21(17-26)20-6-4-3-5-7-20/h3-15H,16H2,1-2H3/b21-14-. The Morgan fingerprint density at radius 3 is 2.30 bits per heavy atom. The summed E-state index contributed by atoms with van der Waals surface area (Å²) in [4.78, 5) is 12.3. The van der Waals surface area contributed by atoms with E-state index in [-0.39, 0.29) is 6.42 Å². The van der Waals surface area contributed by atoms with E-state index in [0.717, 1.165) is 22.4 Å². The van der Waals surface area contributed by atoms with Gasteiger partial charge in [0.15, 0.2) is 11.5 Å². The summed E-state index contributed by atoms with van der Waals surface area (Å²) in [5, 5.41) is 9.49. The van der Waals surface area contributed by atoms with Gasteiger partial charge in [0.25, 0.3) is 0 Å². The highest BCUT2D eigenvalue weighted by atomic mass is 16.6. The highest BCUT2D eigenvalue weighted by Gasteiger charge is 2.12. The number of esters is 1. The lowest BCUT2D eigenvalue weighted by Crippen LogP contribution is -2.11. The molecule has 0 aliphatic heterocycles. The summed E-state index contributed by atoms with van der Waals surface area (Å²) < 4.78 is 16.0. The van der Waals surface area contributed by atoms with Gasteiger partial charge in [-0.15, -0.1) is 0 Å². The van der Waals surface area contributed by atoms with E-state index in [9.17, 15) is 10.1 Å². The molecule has 150 valence electrons. The topological polar surface area (TPSA) is 68.5 Å². The molecule has 30 heavy (non-hydrogen) atoms. The Bertz CT molecular complexity index is 1080. The minimum atomic E-state index is -0.399. The maximum Gasteiger partial charge on any atom is 0.315 e. The van der Waals surface area contributed by atoms with Crippen LogP contribution >= 0.6 is 0 Å². The van der Waals surface area contributed by atoms with Gasteiger partial charge in [-0.2, -0.15) is 5.26 Å². The van der Waals surface area contributed by atoms with Gasteiger partial charge in [0.05, 0.1) is 32.3 Å². The molecule has 0 saturated carbocycles. The van der Waals surface area contributed by atoms with Gasteiger partial charge < -0.3 is 14.2 Å². The highest BCUT2D eigenvalue weighted by molar-refractivity contribution is 5.90. The molecule has 5 heteroatoms. The Labute approximate surface area is 175 Å². The molecule has 3 aromatic rings. The largest absolute Gasteiger partial charge is 0.497 e. The number of hydrogen-bond acceptors (Lipinski definition) is 5. The quantitative estimate of drug-likeness (QED) is 0.244. The molecule has 0 spiro atoms. The second kappa shape index (κ2) is 9.94. The molecule has 0 N–H and O–H groups in total. The SMILES string of the molecule is COc1ccc(CC(=O)Oc2ccc(/C=C(/C#N)c3ccccc3)cc2OC)cc1. The van der Waals surface area contributed by atoms with Gasteiger partial charge in [-0.05, 0) is 47.0 Å². The van der Waals surface area contributed by atoms with Gasteiger partial charge in [0, 0.05) is 0 Å². The van der Waals surface area contributed by atoms with Crippen LogP contribution in [0, 0.1) is 11.3 Å². The van der Waals surface area contributed by atoms with E-state index >= 15 is 0 Å². The monoisotopic (exact) mass is 399 g/mol. The first-order chi connectivity index (χ1) is 14.6. The average molecular weight is 399 g/mol. The molecule has 0 atom stereocenters. The van der Waals surface area contributed by atoms with Gasteiger partial charge >= 0.3 is 5.97 Å². The minimum Gasteiger partial charge on any atom is -0.497 e. The molecule has 0 heterocycles. The molecule has 0 amide bonds. The first kappa shape index (κ1) is 20.7. The Hall–Kier alpha value is -4.04. The smallest absolute Gasteiger partial charge is 0.315 e. The third-order valence-corrected chi connectivity index (χ3v) is 4.44. The molecule has 0 fully saturated rings. The number of rotatable bonds is 7. The van der Waals surface area contributed by atoms with Crippen molar-refractivity contribution in [2.45, 2.75) is 6.42 Å². The Kier molecular flexibility index (Phi) is 6.86. The zero-order valence-electron chi connectivity index (χ0n) is 16.8. The molecular weight excluding hydrogens is 378 g/mol. The first-order valence-electron chi connectivity index (χ1n) is 9.32. The first-order valence-corrected chi connectivity index (χ1v) is 9.32. The normalized spacial score (nSPS) is 10.8. The Balaban J connectivity index is 1.76. The van der Waals surface area contributed by atoms with E-state index in [1.54, 1.807) is 43.5 Å². The summed E-state index contributed by atoms with van der Waals surface area (Å²) in [6.45, 7) is 0. The zero-order valence-corrected chi connectivity index (χ0v) is 16.8. The summed E-state index contributed by atoms with van der Waals surface area (Å²) in [5.74, 6) is 1.07. The second-order valence-corrected chi connectivity index (χ2v) is 6.45. The second-order valence-electron chi connectivity index (χ2n) is 6.45. The van der Waals surface area contributed by atoms with Gasteiger partial charge in [0.2, 0.25) is 0 Å². The molecule has 0 aliphatic rings. The predicted molar refractivity (Wildman–Crippen MR) is 115 cm³/mol. The van der Waals surface area contributed by atoms with Gasteiger partial charge in [-0.3, -0.25) is 4.79 Å². The summed E-state index contributed by atoms with van der Waals surface area (Å²) in [6.07, 6.45) is 1.89. The van der Waals surface area contributed by atoms with Crippen molar-refractivity contribution >= 4 is 17.6 Å². The van der Waals surface area contributed by atoms with Crippen molar-refractivity contribution in [1.82, 2.24) is 0 Å². The zero-order chi connectivity index (χ0) is 21.3. The number of nitriles is 1. The maximum absolute atomic E-state index is 12.3. The van der Waals surface area contributed by atoms with Crippen LogP contribution in [0.5, 0.6) is 17.2 Å². The van der Waals surface area contributed by atoms with Crippen LogP contribution in [0.4, 0.5) is 0 Å². The molecule has 0 bridgehead atoms. The fourth-order valence-electron chi connectivity index (χ4n) is 2.89. The van der Waals surface area contributed by atoms with Crippen LogP contribution in [0.1, 0.15) is 16.7 Å². The molecule has 0 radical (unpaired) electrons. The van der Waals surface area contributed by atoms with E-state index in [0.29, 0.717) is 17.1 Å².